The molecule has 0 radical (unpaired) electrons. The highest BCUT2D eigenvalue weighted by Crippen LogP contribution is 2.19. The van der Waals surface area contributed by atoms with Crippen LogP contribution in [0.1, 0.15) is 18.9 Å². The Balaban J connectivity index is 1.53. The van der Waals surface area contributed by atoms with Gasteiger partial charge < -0.3 is 20.4 Å². The first-order valence-electron chi connectivity index (χ1n) is 9.53. The van der Waals surface area contributed by atoms with Gasteiger partial charge in [0, 0.05) is 50.1 Å². The number of benzene rings is 1. The van der Waals surface area contributed by atoms with Crippen LogP contribution >= 0.6 is 0 Å². The molecule has 27 heavy (non-hydrogen) atoms. The van der Waals surface area contributed by atoms with Gasteiger partial charge in [-0.25, -0.2) is 0 Å². The second-order valence-corrected chi connectivity index (χ2v) is 6.92. The summed E-state index contributed by atoms with van der Waals surface area (Å²) < 4.78 is 5.34. The number of fused-ring (bicyclic) bond motifs is 1. The molecule has 7 heteroatoms. The van der Waals surface area contributed by atoms with Crippen LogP contribution < -0.4 is 10.6 Å². The van der Waals surface area contributed by atoms with Crippen LogP contribution in [0.25, 0.3) is 10.9 Å². The van der Waals surface area contributed by atoms with Crippen molar-refractivity contribution in [3.63, 3.8) is 0 Å². The molecule has 146 valence electrons. The monoisotopic (exact) mass is 372 g/mol. The van der Waals surface area contributed by atoms with Gasteiger partial charge in [-0.05, 0) is 24.6 Å². The fourth-order valence-corrected chi connectivity index (χ4v) is 3.44. The number of aromatic nitrogens is 1. The summed E-state index contributed by atoms with van der Waals surface area (Å²) in [4.78, 5) is 29.7. The Morgan fingerprint density at radius 2 is 2.04 bits per heavy atom. The number of para-hydroxylation sites is 1. The number of rotatable bonds is 8. The number of nitrogens with one attached hydrogen (secondary N) is 3. The molecule has 0 saturated carbocycles. The molecule has 3 rings (SSSR count). The topological polar surface area (TPSA) is 86.5 Å². The lowest BCUT2D eigenvalue weighted by molar-refractivity contribution is -0.128. The van der Waals surface area contributed by atoms with Gasteiger partial charge in [0.15, 0.2) is 0 Å². The Bertz CT molecular complexity index is 767. The van der Waals surface area contributed by atoms with Crippen LogP contribution in [0.4, 0.5) is 0 Å². The van der Waals surface area contributed by atoms with E-state index in [0.717, 1.165) is 55.7 Å². The van der Waals surface area contributed by atoms with E-state index in [1.807, 2.05) is 30.5 Å². The molecular formula is C20H28N4O3. The Kier molecular flexibility index (Phi) is 6.84. The second-order valence-electron chi connectivity index (χ2n) is 6.92. The van der Waals surface area contributed by atoms with Crippen LogP contribution in [0, 0.1) is 0 Å². The van der Waals surface area contributed by atoms with E-state index in [9.17, 15) is 9.59 Å². The van der Waals surface area contributed by atoms with E-state index >= 15 is 0 Å². The van der Waals surface area contributed by atoms with Crippen LogP contribution in [0.15, 0.2) is 30.5 Å². The van der Waals surface area contributed by atoms with E-state index in [-0.39, 0.29) is 11.8 Å². The number of ether oxygens (including phenoxy) is 1. The van der Waals surface area contributed by atoms with Crippen molar-refractivity contribution >= 4 is 22.7 Å². The molecule has 2 amide bonds. The Morgan fingerprint density at radius 3 is 2.81 bits per heavy atom. The zero-order chi connectivity index (χ0) is 19.1. The average Bonchev–Trinajstić information content (AvgIpc) is 3.08. The molecule has 1 fully saturated rings. The lowest BCUT2D eigenvalue weighted by atomic mass is 10.0. The van der Waals surface area contributed by atoms with Crippen molar-refractivity contribution in [2.24, 2.45) is 0 Å². The van der Waals surface area contributed by atoms with E-state index in [4.69, 9.17) is 4.74 Å². The first-order chi connectivity index (χ1) is 13.1. The maximum Gasteiger partial charge on any atom is 0.242 e. The number of hydrogen-bond acceptors (Lipinski definition) is 4. The van der Waals surface area contributed by atoms with Crippen molar-refractivity contribution in [1.82, 2.24) is 20.5 Å². The fraction of sp³-hybridized carbons (Fsp3) is 0.500. The standard InChI is InChI=1S/C20H28N4O3/c1-15(25)23-19(13-16-14-22-18-6-3-2-5-17(16)18)20(26)21-7-4-8-24-9-11-27-12-10-24/h2-3,5-6,14,19,22H,4,7-13H2,1H3,(H,21,26)(H,23,25). The molecular weight excluding hydrogens is 344 g/mol. The second kappa shape index (κ2) is 9.53. The van der Waals surface area contributed by atoms with E-state index in [0.29, 0.717) is 13.0 Å². The number of aromatic amines is 1. The molecule has 0 spiro atoms. The molecule has 1 saturated heterocycles. The molecule has 1 atom stereocenters. The third kappa shape index (κ3) is 5.55. The van der Waals surface area contributed by atoms with Gasteiger partial charge in [0.25, 0.3) is 0 Å². The quantitative estimate of drug-likeness (QED) is 0.605. The van der Waals surface area contributed by atoms with Gasteiger partial charge in [0.1, 0.15) is 6.04 Å². The Hall–Kier alpha value is -2.38. The minimum Gasteiger partial charge on any atom is -0.379 e. The molecule has 1 unspecified atom stereocenters. The van der Waals surface area contributed by atoms with E-state index < -0.39 is 6.04 Å². The fourth-order valence-electron chi connectivity index (χ4n) is 3.44. The zero-order valence-corrected chi connectivity index (χ0v) is 15.8. The highest BCUT2D eigenvalue weighted by Gasteiger charge is 2.21. The molecule has 0 bridgehead atoms. The van der Waals surface area contributed by atoms with Gasteiger partial charge in [0.2, 0.25) is 11.8 Å². The maximum atomic E-state index is 12.6. The lowest BCUT2D eigenvalue weighted by Crippen LogP contribution is -2.48. The minimum atomic E-state index is -0.579. The number of amides is 2. The number of morpholine rings is 1. The van der Waals surface area contributed by atoms with Crippen LogP contribution in [0.2, 0.25) is 0 Å². The first kappa shape index (κ1) is 19.4. The summed E-state index contributed by atoms with van der Waals surface area (Å²) in [5.74, 6) is -0.347. The first-order valence-corrected chi connectivity index (χ1v) is 9.53. The summed E-state index contributed by atoms with van der Waals surface area (Å²) in [5, 5.41) is 6.82. The summed E-state index contributed by atoms with van der Waals surface area (Å²) in [5.41, 5.74) is 2.05. The van der Waals surface area contributed by atoms with Gasteiger partial charge >= 0.3 is 0 Å². The van der Waals surface area contributed by atoms with Gasteiger partial charge in [-0.2, -0.15) is 0 Å². The summed E-state index contributed by atoms with van der Waals surface area (Å²) in [7, 11) is 0. The average molecular weight is 372 g/mol. The molecule has 0 aliphatic carbocycles. The number of carbonyl (C=O) groups is 2. The molecule has 1 aromatic carbocycles. The third-order valence-corrected chi connectivity index (χ3v) is 4.85. The Morgan fingerprint density at radius 1 is 1.26 bits per heavy atom. The van der Waals surface area contributed by atoms with E-state index in [1.165, 1.54) is 6.92 Å². The van der Waals surface area contributed by atoms with Crippen LogP contribution in [-0.4, -0.2) is 67.1 Å². The summed E-state index contributed by atoms with van der Waals surface area (Å²) >= 11 is 0. The predicted molar refractivity (Wildman–Crippen MR) is 104 cm³/mol. The van der Waals surface area contributed by atoms with Crippen molar-refractivity contribution in [3.05, 3.63) is 36.0 Å². The van der Waals surface area contributed by atoms with Crippen molar-refractivity contribution in [2.75, 3.05) is 39.4 Å². The largest absolute Gasteiger partial charge is 0.379 e. The molecule has 7 nitrogen and oxygen atoms in total. The maximum absolute atomic E-state index is 12.6. The van der Waals surface area contributed by atoms with Gasteiger partial charge in [-0.15, -0.1) is 0 Å². The smallest absolute Gasteiger partial charge is 0.242 e. The van der Waals surface area contributed by atoms with E-state index in [1.54, 1.807) is 0 Å². The van der Waals surface area contributed by atoms with Crippen molar-refractivity contribution in [3.8, 4) is 0 Å². The van der Waals surface area contributed by atoms with Crippen LogP contribution in [0.3, 0.4) is 0 Å². The summed E-state index contributed by atoms with van der Waals surface area (Å²) in [6, 6.07) is 7.38. The lowest BCUT2D eigenvalue weighted by Gasteiger charge is -2.26. The molecule has 3 N–H and O–H groups in total. The number of hydrogen-bond donors (Lipinski definition) is 3. The zero-order valence-electron chi connectivity index (χ0n) is 15.8. The van der Waals surface area contributed by atoms with Crippen molar-refractivity contribution in [2.45, 2.75) is 25.8 Å². The van der Waals surface area contributed by atoms with E-state index in [2.05, 4.69) is 20.5 Å². The van der Waals surface area contributed by atoms with Gasteiger partial charge in [0.05, 0.1) is 13.2 Å². The van der Waals surface area contributed by atoms with Gasteiger partial charge in [-0.3, -0.25) is 14.5 Å². The Labute approximate surface area is 159 Å². The van der Waals surface area contributed by atoms with Crippen LogP contribution in [-0.2, 0) is 20.7 Å². The van der Waals surface area contributed by atoms with Crippen molar-refractivity contribution < 1.29 is 14.3 Å². The molecule has 2 heterocycles. The van der Waals surface area contributed by atoms with Crippen molar-refractivity contribution in [1.29, 1.82) is 0 Å². The molecule has 1 aromatic heterocycles. The summed E-state index contributed by atoms with van der Waals surface area (Å²) in [6.45, 7) is 6.43. The summed E-state index contributed by atoms with van der Waals surface area (Å²) in [6.07, 6.45) is 3.25. The molecule has 1 aliphatic rings. The predicted octanol–water partition coefficient (Wildman–Crippen LogP) is 1.05. The molecule has 2 aromatic rings. The van der Waals surface area contributed by atoms with Gasteiger partial charge in [-0.1, -0.05) is 18.2 Å². The third-order valence-electron chi connectivity index (χ3n) is 4.85. The number of nitrogens with zero attached hydrogens (tertiary/aromatic N) is 1. The highest BCUT2D eigenvalue weighted by atomic mass is 16.5. The van der Waals surface area contributed by atoms with Crippen LogP contribution in [0.5, 0.6) is 0 Å². The minimum absolute atomic E-state index is 0.141. The molecule has 1 aliphatic heterocycles. The number of H-pyrrole nitrogens is 1. The highest BCUT2D eigenvalue weighted by molar-refractivity contribution is 5.89. The number of carbonyl (C=O) groups excluding carboxylic acids is 2. The SMILES string of the molecule is CC(=O)NC(Cc1c[nH]c2ccccc12)C(=O)NCCCN1CCOCC1. The normalized spacial score (nSPS) is 16.2.